The van der Waals surface area contributed by atoms with Crippen molar-refractivity contribution in [3.63, 3.8) is 0 Å². The monoisotopic (exact) mass is 464 g/mol. The molecule has 1 aliphatic carbocycles. The molecule has 2 rings (SSSR count). The van der Waals surface area contributed by atoms with E-state index >= 15 is 0 Å². The standard InChI is InChI=1S/C12H20I2NO2/c1-8(2)12(6-4-3-5-7-12)17-11(16)9(13)10-14-15-10/h8-10,15H,3-7H2,1-2H3/q-1. The van der Waals surface area contributed by atoms with Gasteiger partial charge in [0.25, 0.3) is 0 Å². The number of esters is 1. The van der Waals surface area contributed by atoms with Crippen LogP contribution in [0, 0.1) is 5.92 Å². The molecule has 2 atom stereocenters. The van der Waals surface area contributed by atoms with Crippen molar-refractivity contribution in [2.24, 2.45) is 5.92 Å². The summed E-state index contributed by atoms with van der Waals surface area (Å²) >= 11 is 2.32. The van der Waals surface area contributed by atoms with Crippen LogP contribution in [0.2, 0.25) is 0 Å². The van der Waals surface area contributed by atoms with E-state index in [-0.39, 0.29) is 37.0 Å². The fourth-order valence-corrected chi connectivity index (χ4v) is 5.55. The van der Waals surface area contributed by atoms with Gasteiger partial charge in [0, 0.05) is 0 Å². The number of alkyl halides is 2. The Bertz CT molecular complexity index is 286. The van der Waals surface area contributed by atoms with Crippen LogP contribution in [0.5, 0.6) is 0 Å². The molecule has 0 amide bonds. The number of hydrogen-bond donors (Lipinski definition) is 1. The van der Waals surface area contributed by atoms with Crippen LogP contribution in [0.15, 0.2) is 0 Å². The molecule has 2 unspecified atom stereocenters. The molecule has 1 aliphatic heterocycles. The van der Waals surface area contributed by atoms with E-state index in [1.807, 2.05) is 0 Å². The molecule has 3 nitrogen and oxygen atoms in total. The predicted molar refractivity (Wildman–Crippen MR) is 71.5 cm³/mol. The Morgan fingerprint density at radius 2 is 2.00 bits per heavy atom. The number of ether oxygens (including phenoxy) is 1. The van der Waals surface area contributed by atoms with Gasteiger partial charge in [0.2, 0.25) is 0 Å². The van der Waals surface area contributed by atoms with Crippen molar-refractivity contribution in [1.82, 2.24) is 3.53 Å². The van der Waals surface area contributed by atoms with Crippen molar-refractivity contribution in [3.05, 3.63) is 0 Å². The molecule has 0 spiro atoms. The zero-order valence-electron chi connectivity index (χ0n) is 10.3. The third-order valence-corrected chi connectivity index (χ3v) is 8.44. The topological polar surface area (TPSA) is 48.2 Å². The van der Waals surface area contributed by atoms with E-state index in [0.717, 1.165) is 12.8 Å². The summed E-state index contributed by atoms with van der Waals surface area (Å²) in [5, 5.41) is 0. The van der Waals surface area contributed by atoms with Crippen LogP contribution in [0.4, 0.5) is 0 Å². The van der Waals surface area contributed by atoms with Gasteiger partial charge >= 0.3 is 129 Å². The summed E-state index contributed by atoms with van der Waals surface area (Å²) in [6, 6.07) is 0. The number of hydrogen-bond acceptors (Lipinski definition) is 3. The average Bonchev–Trinajstić information content (AvgIpc) is 3.13. The van der Waals surface area contributed by atoms with Gasteiger partial charge in [-0.3, -0.25) is 0 Å². The molecule has 0 aromatic heterocycles. The van der Waals surface area contributed by atoms with Gasteiger partial charge in [0.1, 0.15) is 0 Å². The van der Waals surface area contributed by atoms with Gasteiger partial charge < -0.3 is 0 Å². The van der Waals surface area contributed by atoms with E-state index in [9.17, 15) is 4.79 Å². The summed E-state index contributed by atoms with van der Waals surface area (Å²) < 4.78 is 9.71. The molecule has 2 aliphatic rings. The SMILES string of the molecule is CC(C)C1(OC(=O)C(I)C2N[I-]2)CCCCC1. The summed E-state index contributed by atoms with van der Waals surface area (Å²) in [6.45, 7) is 4.37. The third-order valence-electron chi connectivity index (χ3n) is 3.77. The van der Waals surface area contributed by atoms with E-state index in [4.69, 9.17) is 4.74 Å². The van der Waals surface area contributed by atoms with E-state index in [0.29, 0.717) is 9.97 Å². The van der Waals surface area contributed by atoms with Crippen molar-refractivity contribution in [1.29, 1.82) is 0 Å². The summed E-state index contributed by atoms with van der Waals surface area (Å²) in [5.41, 5.74) is -0.175. The van der Waals surface area contributed by atoms with Gasteiger partial charge in [-0.15, -0.1) is 0 Å². The van der Waals surface area contributed by atoms with Crippen LogP contribution in [-0.2, 0) is 9.53 Å². The molecule has 0 bridgehead atoms. The molecular formula is C12H20I2NO2-. The van der Waals surface area contributed by atoms with Crippen molar-refractivity contribution >= 4 is 28.6 Å². The number of rotatable bonds is 4. The van der Waals surface area contributed by atoms with Crippen LogP contribution in [0.1, 0.15) is 46.0 Å². The maximum absolute atomic E-state index is 12.2. The van der Waals surface area contributed by atoms with Crippen molar-refractivity contribution in [2.75, 3.05) is 0 Å². The molecule has 1 heterocycles. The van der Waals surface area contributed by atoms with Crippen LogP contribution >= 0.6 is 22.6 Å². The van der Waals surface area contributed by atoms with E-state index in [1.165, 1.54) is 19.3 Å². The summed E-state index contributed by atoms with van der Waals surface area (Å²) in [4.78, 5) is 12.2. The van der Waals surface area contributed by atoms with Gasteiger partial charge in [0.15, 0.2) is 0 Å². The molecule has 17 heavy (non-hydrogen) atoms. The van der Waals surface area contributed by atoms with E-state index in [1.54, 1.807) is 0 Å². The van der Waals surface area contributed by atoms with Crippen LogP contribution in [-0.4, -0.2) is 19.5 Å². The molecule has 1 N–H and O–H groups in total. The molecule has 0 aromatic rings. The zero-order chi connectivity index (χ0) is 12.5. The van der Waals surface area contributed by atoms with Gasteiger partial charge in [0.05, 0.1) is 0 Å². The normalized spacial score (nSPS) is 29.3. The zero-order valence-corrected chi connectivity index (χ0v) is 14.7. The first kappa shape index (κ1) is 14.3. The Morgan fingerprint density at radius 1 is 1.41 bits per heavy atom. The molecule has 2 fully saturated rings. The Labute approximate surface area is 128 Å². The number of carbonyl (C=O) groups is 1. The first-order valence-electron chi connectivity index (χ1n) is 6.30. The second kappa shape index (κ2) is 5.90. The maximum atomic E-state index is 12.2. The van der Waals surface area contributed by atoms with Crippen molar-refractivity contribution in [3.8, 4) is 0 Å². The Balaban J connectivity index is 1.98. The Hall–Kier alpha value is 0.890. The van der Waals surface area contributed by atoms with Gasteiger partial charge in [-0.1, -0.05) is 0 Å². The molecule has 1 saturated carbocycles. The first-order valence-corrected chi connectivity index (χ1v) is 9.87. The summed E-state index contributed by atoms with van der Waals surface area (Å²) in [7, 11) is 0. The summed E-state index contributed by atoms with van der Waals surface area (Å²) in [6.07, 6.45) is 5.78. The second-order valence-electron chi connectivity index (χ2n) is 5.22. The Morgan fingerprint density at radius 3 is 2.47 bits per heavy atom. The number of halogens is 2. The van der Waals surface area contributed by atoms with Gasteiger partial charge in [-0.25, -0.2) is 0 Å². The molecule has 1 saturated heterocycles. The van der Waals surface area contributed by atoms with Crippen molar-refractivity contribution in [2.45, 2.75) is 59.5 Å². The van der Waals surface area contributed by atoms with Crippen LogP contribution < -0.4 is 25.0 Å². The minimum absolute atomic E-state index is 0.0101. The molecule has 0 aromatic carbocycles. The van der Waals surface area contributed by atoms with Crippen LogP contribution in [0.25, 0.3) is 0 Å². The fraction of sp³-hybridized carbons (Fsp3) is 0.917. The van der Waals surface area contributed by atoms with E-state index in [2.05, 4.69) is 40.0 Å². The number of nitrogens with one attached hydrogen (secondary N) is 1. The second-order valence-corrected chi connectivity index (χ2v) is 9.15. The quantitative estimate of drug-likeness (QED) is 0.154. The Kier molecular flexibility index (Phi) is 4.96. The van der Waals surface area contributed by atoms with E-state index < -0.39 is 0 Å². The third kappa shape index (κ3) is 3.46. The first-order chi connectivity index (χ1) is 8.05. The summed E-state index contributed by atoms with van der Waals surface area (Å²) in [5.74, 6) is 0.438. The molecule has 0 radical (unpaired) electrons. The van der Waals surface area contributed by atoms with Gasteiger partial charge in [-0.05, 0) is 0 Å². The molecule has 100 valence electrons. The molecular weight excluding hydrogens is 444 g/mol. The minimum atomic E-state index is -0.175. The van der Waals surface area contributed by atoms with Crippen LogP contribution in [0.3, 0.4) is 0 Å². The average molecular weight is 464 g/mol. The number of carbonyl (C=O) groups excluding carboxylic acids is 1. The van der Waals surface area contributed by atoms with Gasteiger partial charge in [-0.2, -0.15) is 0 Å². The predicted octanol–water partition coefficient (Wildman–Crippen LogP) is -0.375. The fourth-order valence-electron chi connectivity index (χ4n) is 2.47. The molecule has 5 heteroatoms. The van der Waals surface area contributed by atoms with Crippen molar-refractivity contribution < 1.29 is 31.0 Å².